The van der Waals surface area contributed by atoms with Crippen LogP contribution in [0.25, 0.3) is 0 Å². The van der Waals surface area contributed by atoms with Crippen LogP contribution < -0.4 is 9.47 Å². The number of methoxy groups -OCH3 is 1. The molecule has 0 fully saturated rings. The van der Waals surface area contributed by atoms with Gasteiger partial charge in [-0.15, -0.1) is 4.98 Å². The highest BCUT2D eigenvalue weighted by atomic mass is 79.9. The van der Waals surface area contributed by atoms with E-state index in [1.807, 2.05) is 0 Å². The van der Waals surface area contributed by atoms with Gasteiger partial charge in [-0.1, -0.05) is 15.9 Å². The molecule has 0 aliphatic heterocycles. The van der Waals surface area contributed by atoms with Crippen LogP contribution in [0.3, 0.4) is 0 Å². The number of nitrogens with zero attached hydrogens (tertiary/aromatic N) is 4. The van der Waals surface area contributed by atoms with E-state index in [2.05, 4.69) is 30.9 Å². The normalized spacial score (nSPS) is 10.2. The Morgan fingerprint density at radius 1 is 1.25 bits per heavy atom. The number of hydrogen-bond acceptors (Lipinski definition) is 7. The summed E-state index contributed by atoms with van der Waals surface area (Å²) in [4.78, 5) is 21.4. The summed E-state index contributed by atoms with van der Waals surface area (Å²) in [6.45, 7) is 0. The second-order valence-corrected chi connectivity index (χ2v) is 4.63. The molecule has 0 N–H and O–H groups in total. The zero-order chi connectivity index (χ0) is 14.7. The Labute approximate surface area is 126 Å². The van der Waals surface area contributed by atoms with E-state index in [9.17, 15) is 10.1 Å². The van der Waals surface area contributed by atoms with Crippen molar-refractivity contribution >= 4 is 33.2 Å². The lowest BCUT2D eigenvalue weighted by molar-refractivity contribution is -0.385. The molecule has 1 aromatic heterocycles. The summed E-state index contributed by atoms with van der Waals surface area (Å²) in [6.07, 6.45) is 0. The van der Waals surface area contributed by atoms with Gasteiger partial charge in [0.05, 0.1) is 18.1 Å². The van der Waals surface area contributed by atoms with Crippen LogP contribution in [0.2, 0.25) is 5.28 Å². The first-order valence-electron chi connectivity index (χ1n) is 5.06. The Balaban J connectivity index is 2.34. The van der Waals surface area contributed by atoms with Crippen LogP contribution in [-0.2, 0) is 0 Å². The van der Waals surface area contributed by atoms with E-state index >= 15 is 0 Å². The standard InChI is InChI=1S/C10H6BrClN4O4/c1-19-9-13-8(12)14-10(15-9)20-7-3-5(11)2-6(4-7)16(17)18/h2-4H,1H3. The second-order valence-electron chi connectivity index (χ2n) is 3.38. The number of nitro benzene ring substituents is 1. The molecule has 0 radical (unpaired) electrons. The van der Waals surface area contributed by atoms with Gasteiger partial charge in [0.2, 0.25) is 5.28 Å². The smallest absolute Gasteiger partial charge is 0.329 e. The van der Waals surface area contributed by atoms with E-state index in [-0.39, 0.29) is 28.7 Å². The van der Waals surface area contributed by atoms with Gasteiger partial charge < -0.3 is 9.47 Å². The molecule has 8 nitrogen and oxygen atoms in total. The van der Waals surface area contributed by atoms with Crippen molar-refractivity contribution in [2.24, 2.45) is 0 Å². The number of non-ortho nitro benzene ring substituents is 1. The molecular formula is C10H6BrClN4O4. The molecule has 10 heteroatoms. The first-order chi connectivity index (χ1) is 9.47. The highest BCUT2D eigenvalue weighted by Gasteiger charge is 2.12. The summed E-state index contributed by atoms with van der Waals surface area (Å²) in [5.41, 5.74) is -0.138. The van der Waals surface area contributed by atoms with E-state index in [4.69, 9.17) is 21.1 Å². The fraction of sp³-hybridized carbons (Fsp3) is 0.100. The molecule has 0 saturated heterocycles. The van der Waals surface area contributed by atoms with Gasteiger partial charge in [0, 0.05) is 10.5 Å². The maximum Gasteiger partial charge on any atom is 0.329 e. The Morgan fingerprint density at radius 2 is 1.95 bits per heavy atom. The highest BCUT2D eigenvalue weighted by molar-refractivity contribution is 9.10. The van der Waals surface area contributed by atoms with Gasteiger partial charge >= 0.3 is 12.0 Å². The molecule has 0 amide bonds. The van der Waals surface area contributed by atoms with Gasteiger partial charge in [0.15, 0.2) is 0 Å². The summed E-state index contributed by atoms with van der Waals surface area (Å²) in [5, 5.41) is 10.6. The molecule has 1 heterocycles. The lowest BCUT2D eigenvalue weighted by atomic mass is 10.3. The second kappa shape index (κ2) is 5.97. The molecule has 0 atom stereocenters. The fourth-order valence-corrected chi connectivity index (χ4v) is 1.87. The van der Waals surface area contributed by atoms with E-state index in [0.29, 0.717) is 4.47 Å². The van der Waals surface area contributed by atoms with Crippen molar-refractivity contribution < 1.29 is 14.4 Å². The average molecular weight is 362 g/mol. The molecule has 0 spiro atoms. The van der Waals surface area contributed by atoms with Gasteiger partial charge in [0.1, 0.15) is 5.75 Å². The van der Waals surface area contributed by atoms with Gasteiger partial charge in [-0.3, -0.25) is 10.1 Å². The maximum absolute atomic E-state index is 10.8. The molecule has 0 unspecified atom stereocenters. The lowest BCUT2D eigenvalue weighted by Gasteiger charge is -2.05. The van der Waals surface area contributed by atoms with Crippen molar-refractivity contribution in [2.75, 3.05) is 7.11 Å². The van der Waals surface area contributed by atoms with Gasteiger partial charge in [-0.2, -0.15) is 9.97 Å². The molecule has 20 heavy (non-hydrogen) atoms. The third-order valence-electron chi connectivity index (χ3n) is 2.03. The monoisotopic (exact) mass is 360 g/mol. The Bertz CT molecular complexity index is 670. The van der Waals surface area contributed by atoms with Crippen molar-refractivity contribution in [1.29, 1.82) is 0 Å². The number of benzene rings is 1. The Kier molecular flexibility index (Phi) is 4.30. The summed E-state index contributed by atoms with van der Waals surface area (Å²) >= 11 is 8.82. The summed E-state index contributed by atoms with van der Waals surface area (Å²) < 4.78 is 10.6. The zero-order valence-electron chi connectivity index (χ0n) is 9.91. The van der Waals surface area contributed by atoms with Gasteiger partial charge in [0.25, 0.3) is 5.69 Å². The van der Waals surface area contributed by atoms with Gasteiger partial charge in [-0.25, -0.2) is 0 Å². The summed E-state index contributed by atoms with van der Waals surface area (Å²) in [7, 11) is 1.36. The third kappa shape index (κ3) is 3.52. The third-order valence-corrected chi connectivity index (χ3v) is 2.65. The number of aromatic nitrogens is 3. The largest absolute Gasteiger partial charge is 0.467 e. The molecule has 2 rings (SSSR count). The first-order valence-corrected chi connectivity index (χ1v) is 6.23. The summed E-state index contributed by atoms with van der Waals surface area (Å²) in [5.74, 6) is 0.176. The van der Waals surface area contributed by atoms with Gasteiger partial charge in [-0.05, 0) is 17.7 Å². The number of rotatable bonds is 4. The minimum Gasteiger partial charge on any atom is -0.467 e. The summed E-state index contributed by atoms with van der Waals surface area (Å²) in [6, 6.07) is 3.94. The SMILES string of the molecule is COc1nc(Cl)nc(Oc2cc(Br)cc([N+](=O)[O-])c2)n1. The van der Waals surface area contributed by atoms with Crippen molar-refractivity contribution in [3.63, 3.8) is 0 Å². The molecule has 0 bridgehead atoms. The van der Waals surface area contributed by atoms with E-state index in [1.54, 1.807) is 0 Å². The molecular weight excluding hydrogens is 355 g/mol. The zero-order valence-corrected chi connectivity index (χ0v) is 12.3. The Morgan fingerprint density at radius 3 is 2.60 bits per heavy atom. The fourth-order valence-electron chi connectivity index (χ4n) is 1.27. The predicted molar refractivity (Wildman–Crippen MR) is 72.3 cm³/mol. The molecule has 1 aromatic carbocycles. The molecule has 2 aromatic rings. The number of hydrogen-bond donors (Lipinski definition) is 0. The van der Waals surface area contributed by atoms with Crippen molar-refractivity contribution in [3.8, 4) is 17.8 Å². The van der Waals surface area contributed by atoms with E-state index in [0.717, 1.165) is 0 Å². The van der Waals surface area contributed by atoms with Crippen LogP contribution in [0.15, 0.2) is 22.7 Å². The van der Waals surface area contributed by atoms with E-state index < -0.39 is 4.92 Å². The van der Waals surface area contributed by atoms with Crippen LogP contribution >= 0.6 is 27.5 Å². The van der Waals surface area contributed by atoms with Crippen molar-refractivity contribution in [2.45, 2.75) is 0 Å². The minimum absolute atomic E-state index is 0.0236. The topological polar surface area (TPSA) is 100 Å². The van der Waals surface area contributed by atoms with Crippen molar-refractivity contribution in [3.05, 3.63) is 38.1 Å². The molecule has 0 saturated carbocycles. The number of ether oxygens (including phenoxy) is 2. The predicted octanol–water partition coefficient (Wildman–Crippen LogP) is 3.00. The van der Waals surface area contributed by atoms with Crippen LogP contribution in [-0.4, -0.2) is 27.0 Å². The quantitative estimate of drug-likeness (QED) is 0.609. The minimum atomic E-state index is -0.543. The highest BCUT2D eigenvalue weighted by Crippen LogP contribution is 2.29. The first kappa shape index (κ1) is 14.4. The average Bonchev–Trinajstić information content (AvgIpc) is 2.37. The molecule has 0 aliphatic rings. The van der Waals surface area contributed by atoms with Crippen LogP contribution in [0, 0.1) is 10.1 Å². The Hall–Kier alpha value is -2.00. The van der Waals surface area contributed by atoms with Crippen LogP contribution in [0.1, 0.15) is 0 Å². The maximum atomic E-state index is 10.8. The number of halogens is 2. The molecule has 104 valence electrons. The van der Waals surface area contributed by atoms with E-state index in [1.165, 1.54) is 25.3 Å². The van der Waals surface area contributed by atoms with Crippen molar-refractivity contribution in [1.82, 2.24) is 15.0 Å². The lowest BCUT2D eigenvalue weighted by Crippen LogP contribution is -1.99. The molecule has 0 aliphatic carbocycles. The van der Waals surface area contributed by atoms with Crippen LogP contribution in [0.4, 0.5) is 5.69 Å². The number of nitro groups is 1. The van der Waals surface area contributed by atoms with Crippen LogP contribution in [0.5, 0.6) is 17.8 Å².